The molecule has 2 aromatic rings. The zero-order chi connectivity index (χ0) is 20.3. The molecule has 1 aliphatic heterocycles. The first-order chi connectivity index (χ1) is 13.4. The Morgan fingerprint density at radius 2 is 1.96 bits per heavy atom. The van der Waals surface area contributed by atoms with Crippen molar-refractivity contribution in [2.24, 2.45) is 0 Å². The number of aromatic nitrogens is 2. The van der Waals surface area contributed by atoms with Crippen molar-refractivity contribution in [3.05, 3.63) is 51.7 Å². The van der Waals surface area contributed by atoms with Crippen LogP contribution in [0.15, 0.2) is 29.1 Å². The van der Waals surface area contributed by atoms with Gasteiger partial charge in [0.1, 0.15) is 5.75 Å². The third-order valence-corrected chi connectivity index (χ3v) is 5.43. The Balaban J connectivity index is 1.59. The van der Waals surface area contributed by atoms with Crippen molar-refractivity contribution in [2.75, 3.05) is 31.6 Å². The Kier molecular flexibility index (Phi) is 6.02. The number of methoxy groups -OCH3 is 1. The lowest BCUT2D eigenvalue weighted by Crippen LogP contribution is -2.54. The molecule has 2 heterocycles. The van der Waals surface area contributed by atoms with Crippen LogP contribution in [0, 0.1) is 13.8 Å². The van der Waals surface area contributed by atoms with Crippen LogP contribution in [0.3, 0.4) is 0 Å². The molecule has 7 heteroatoms. The standard InChI is InChI=1S/C21H28N4O3/c1-14-13-24(17-5-7-18(28-4)8-6-17)11-12-25(14)20(26)10-9-19-15(2)22-21(27)23-16(19)3/h5-8,14H,9-13H2,1-4H3,(H,22,23,27)/t14-/m0/s1. The molecular weight excluding hydrogens is 356 g/mol. The number of carbonyl (C=O) groups is 1. The highest BCUT2D eigenvalue weighted by atomic mass is 16.5. The average Bonchev–Trinajstić information content (AvgIpc) is 2.67. The van der Waals surface area contributed by atoms with Gasteiger partial charge < -0.3 is 19.5 Å². The molecule has 1 aromatic carbocycles. The SMILES string of the molecule is COc1ccc(N2CCN(C(=O)CCc3c(C)nc(=O)[nH]c3C)[C@@H](C)C2)cc1. The molecule has 0 spiro atoms. The number of hydrogen-bond donors (Lipinski definition) is 1. The van der Waals surface area contributed by atoms with Crippen molar-refractivity contribution >= 4 is 11.6 Å². The van der Waals surface area contributed by atoms with Crippen LogP contribution >= 0.6 is 0 Å². The fraction of sp³-hybridized carbons (Fsp3) is 0.476. The van der Waals surface area contributed by atoms with E-state index >= 15 is 0 Å². The van der Waals surface area contributed by atoms with Gasteiger partial charge in [-0.15, -0.1) is 0 Å². The van der Waals surface area contributed by atoms with Crippen molar-refractivity contribution in [2.45, 2.75) is 39.7 Å². The van der Waals surface area contributed by atoms with Crippen LogP contribution in [-0.2, 0) is 11.2 Å². The molecular formula is C21H28N4O3. The summed E-state index contributed by atoms with van der Waals surface area (Å²) in [4.78, 5) is 35.1. The van der Waals surface area contributed by atoms with Crippen LogP contribution in [0.1, 0.15) is 30.3 Å². The number of H-pyrrole nitrogens is 1. The van der Waals surface area contributed by atoms with E-state index in [0.717, 1.165) is 35.8 Å². The highest BCUT2D eigenvalue weighted by Crippen LogP contribution is 2.23. The zero-order valence-electron chi connectivity index (χ0n) is 17.0. The number of hydrogen-bond acceptors (Lipinski definition) is 5. The van der Waals surface area contributed by atoms with Crippen molar-refractivity contribution in [3.63, 3.8) is 0 Å². The van der Waals surface area contributed by atoms with Gasteiger partial charge in [0.25, 0.3) is 0 Å². The summed E-state index contributed by atoms with van der Waals surface area (Å²) in [5.74, 6) is 0.986. The lowest BCUT2D eigenvalue weighted by molar-refractivity contribution is -0.133. The second-order valence-corrected chi connectivity index (χ2v) is 7.31. The number of ether oxygens (including phenoxy) is 1. The maximum absolute atomic E-state index is 12.8. The Morgan fingerprint density at radius 3 is 2.57 bits per heavy atom. The maximum atomic E-state index is 12.8. The van der Waals surface area contributed by atoms with E-state index in [2.05, 4.69) is 33.9 Å². The van der Waals surface area contributed by atoms with E-state index in [4.69, 9.17) is 4.74 Å². The molecule has 3 rings (SSSR count). The minimum Gasteiger partial charge on any atom is -0.497 e. The second-order valence-electron chi connectivity index (χ2n) is 7.31. The van der Waals surface area contributed by atoms with E-state index in [1.165, 1.54) is 0 Å². The van der Waals surface area contributed by atoms with Gasteiger partial charge in [-0.25, -0.2) is 4.79 Å². The number of nitrogens with zero attached hydrogens (tertiary/aromatic N) is 3. The smallest absolute Gasteiger partial charge is 0.345 e. The molecule has 1 aromatic heterocycles. The van der Waals surface area contributed by atoms with Gasteiger partial charge in [-0.3, -0.25) is 4.79 Å². The number of carbonyl (C=O) groups excluding carboxylic acids is 1. The topological polar surface area (TPSA) is 78.5 Å². The summed E-state index contributed by atoms with van der Waals surface area (Å²) >= 11 is 0. The van der Waals surface area contributed by atoms with E-state index in [0.29, 0.717) is 25.1 Å². The molecule has 1 aliphatic rings. The maximum Gasteiger partial charge on any atom is 0.345 e. The van der Waals surface area contributed by atoms with Gasteiger partial charge >= 0.3 is 5.69 Å². The normalized spacial score (nSPS) is 16.9. The number of nitrogens with one attached hydrogen (secondary N) is 1. The molecule has 0 bridgehead atoms. The second kappa shape index (κ2) is 8.46. The van der Waals surface area contributed by atoms with Crippen LogP contribution in [0.4, 0.5) is 5.69 Å². The Labute approximate surface area is 165 Å². The average molecular weight is 384 g/mol. The predicted molar refractivity (Wildman–Crippen MR) is 109 cm³/mol. The predicted octanol–water partition coefficient (Wildman–Crippen LogP) is 2.07. The summed E-state index contributed by atoms with van der Waals surface area (Å²) in [7, 11) is 1.66. The van der Waals surface area contributed by atoms with Gasteiger partial charge in [-0.05, 0) is 57.0 Å². The Morgan fingerprint density at radius 1 is 1.25 bits per heavy atom. The first-order valence-electron chi connectivity index (χ1n) is 9.64. The number of amides is 1. The summed E-state index contributed by atoms with van der Waals surface area (Å²) in [6.07, 6.45) is 1.01. The molecule has 1 amide bonds. The van der Waals surface area contributed by atoms with Gasteiger partial charge in [-0.1, -0.05) is 0 Å². The summed E-state index contributed by atoms with van der Waals surface area (Å²) in [6, 6.07) is 8.16. The van der Waals surface area contributed by atoms with Crippen LogP contribution in [0.25, 0.3) is 0 Å². The number of rotatable bonds is 5. The number of anilines is 1. The number of benzene rings is 1. The fourth-order valence-electron chi connectivity index (χ4n) is 3.85. The highest BCUT2D eigenvalue weighted by molar-refractivity contribution is 5.77. The zero-order valence-corrected chi connectivity index (χ0v) is 17.0. The number of piperazine rings is 1. The van der Waals surface area contributed by atoms with E-state index < -0.39 is 0 Å². The van der Waals surface area contributed by atoms with Crippen LogP contribution in [0.5, 0.6) is 5.75 Å². The molecule has 28 heavy (non-hydrogen) atoms. The monoisotopic (exact) mass is 384 g/mol. The first-order valence-corrected chi connectivity index (χ1v) is 9.64. The minimum atomic E-state index is -0.339. The lowest BCUT2D eigenvalue weighted by atomic mass is 10.0. The van der Waals surface area contributed by atoms with Crippen LogP contribution in [0.2, 0.25) is 0 Å². The summed E-state index contributed by atoms with van der Waals surface area (Å²) in [5.41, 5.74) is 3.25. The Bertz CT molecular complexity index is 865. The van der Waals surface area contributed by atoms with Gasteiger partial charge in [0.15, 0.2) is 0 Å². The third kappa shape index (κ3) is 4.35. The fourth-order valence-corrected chi connectivity index (χ4v) is 3.85. The minimum absolute atomic E-state index is 0.138. The van der Waals surface area contributed by atoms with E-state index in [9.17, 15) is 9.59 Å². The summed E-state index contributed by atoms with van der Waals surface area (Å²) in [6.45, 7) is 8.07. The molecule has 1 atom stereocenters. The molecule has 0 saturated carbocycles. The van der Waals surface area contributed by atoms with Gasteiger partial charge in [0.05, 0.1) is 7.11 Å². The molecule has 0 radical (unpaired) electrons. The van der Waals surface area contributed by atoms with E-state index in [-0.39, 0.29) is 17.6 Å². The number of aryl methyl sites for hydroxylation is 2. The quantitative estimate of drug-likeness (QED) is 0.854. The van der Waals surface area contributed by atoms with Gasteiger partial charge in [-0.2, -0.15) is 4.98 Å². The van der Waals surface area contributed by atoms with Crippen molar-refractivity contribution < 1.29 is 9.53 Å². The van der Waals surface area contributed by atoms with Gasteiger partial charge in [0, 0.05) is 49.2 Å². The summed E-state index contributed by atoms with van der Waals surface area (Å²) < 4.78 is 5.22. The largest absolute Gasteiger partial charge is 0.497 e. The molecule has 1 fully saturated rings. The first kappa shape index (κ1) is 19.9. The molecule has 7 nitrogen and oxygen atoms in total. The van der Waals surface area contributed by atoms with Crippen molar-refractivity contribution in [3.8, 4) is 5.75 Å². The Hall–Kier alpha value is -2.83. The molecule has 0 unspecified atom stereocenters. The molecule has 150 valence electrons. The summed E-state index contributed by atoms with van der Waals surface area (Å²) in [5, 5.41) is 0. The van der Waals surface area contributed by atoms with Crippen molar-refractivity contribution in [1.82, 2.24) is 14.9 Å². The third-order valence-electron chi connectivity index (χ3n) is 5.43. The van der Waals surface area contributed by atoms with Crippen molar-refractivity contribution in [1.29, 1.82) is 0 Å². The molecule has 1 saturated heterocycles. The highest BCUT2D eigenvalue weighted by Gasteiger charge is 2.27. The van der Waals surface area contributed by atoms with Crippen LogP contribution in [-0.4, -0.2) is 53.6 Å². The lowest BCUT2D eigenvalue weighted by Gasteiger charge is -2.41. The number of aromatic amines is 1. The molecule has 1 N–H and O–H groups in total. The molecule has 0 aliphatic carbocycles. The van der Waals surface area contributed by atoms with Crippen LogP contribution < -0.4 is 15.3 Å². The van der Waals surface area contributed by atoms with E-state index in [1.54, 1.807) is 7.11 Å². The van der Waals surface area contributed by atoms with E-state index in [1.807, 2.05) is 30.9 Å². The van der Waals surface area contributed by atoms with Gasteiger partial charge in [0.2, 0.25) is 5.91 Å².